The predicted octanol–water partition coefficient (Wildman–Crippen LogP) is 4.48. The van der Waals surface area contributed by atoms with E-state index in [2.05, 4.69) is 0 Å². The molecule has 1 saturated heterocycles. The van der Waals surface area contributed by atoms with Crippen LogP contribution in [0.3, 0.4) is 0 Å². The van der Waals surface area contributed by atoms with Crippen molar-refractivity contribution in [2.24, 2.45) is 0 Å². The SMILES string of the molecule is COCCCN1C(=O)S/C(=C/c2cccc(OCc3ccc(F)cc3)c2)C1=O. The summed E-state index contributed by atoms with van der Waals surface area (Å²) in [6, 6.07) is 13.4. The fourth-order valence-corrected chi connectivity index (χ4v) is 3.52. The van der Waals surface area contributed by atoms with Crippen LogP contribution in [-0.2, 0) is 16.1 Å². The number of imide groups is 1. The minimum Gasteiger partial charge on any atom is -0.489 e. The maximum atomic E-state index is 13.0. The van der Waals surface area contributed by atoms with Gasteiger partial charge in [-0.1, -0.05) is 24.3 Å². The summed E-state index contributed by atoms with van der Waals surface area (Å²) in [6.45, 7) is 1.14. The maximum Gasteiger partial charge on any atom is 0.293 e. The number of amides is 2. The lowest BCUT2D eigenvalue weighted by Crippen LogP contribution is -2.29. The normalized spacial score (nSPS) is 15.5. The molecular weight excluding hydrogens is 381 g/mol. The summed E-state index contributed by atoms with van der Waals surface area (Å²) >= 11 is 0.933. The first kappa shape index (κ1) is 20.1. The van der Waals surface area contributed by atoms with Gasteiger partial charge >= 0.3 is 0 Å². The lowest BCUT2D eigenvalue weighted by Gasteiger charge is -2.11. The van der Waals surface area contributed by atoms with Crippen LogP contribution < -0.4 is 4.74 Å². The Labute approximate surface area is 167 Å². The summed E-state index contributed by atoms with van der Waals surface area (Å²) in [5.41, 5.74) is 1.61. The molecule has 1 aliphatic rings. The summed E-state index contributed by atoms with van der Waals surface area (Å²) in [5, 5.41) is -0.268. The second-order valence-electron chi connectivity index (χ2n) is 6.17. The minimum absolute atomic E-state index is 0.268. The largest absolute Gasteiger partial charge is 0.489 e. The molecule has 7 heteroatoms. The van der Waals surface area contributed by atoms with Gasteiger partial charge in [0.2, 0.25) is 0 Å². The van der Waals surface area contributed by atoms with Crippen LogP contribution in [0.15, 0.2) is 53.4 Å². The van der Waals surface area contributed by atoms with Gasteiger partial charge < -0.3 is 9.47 Å². The molecule has 2 aromatic rings. The van der Waals surface area contributed by atoms with Gasteiger partial charge in [0.05, 0.1) is 4.91 Å². The summed E-state index contributed by atoms with van der Waals surface area (Å²) < 4.78 is 23.7. The summed E-state index contributed by atoms with van der Waals surface area (Å²) in [6.07, 6.45) is 2.29. The van der Waals surface area contributed by atoms with E-state index >= 15 is 0 Å². The van der Waals surface area contributed by atoms with Gasteiger partial charge in [-0.25, -0.2) is 4.39 Å². The zero-order chi connectivity index (χ0) is 19.9. The van der Waals surface area contributed by atoms with E-state index in [4.69, 9.17) is 9.47 Å². The van der Waals surface area contributed by atoms with Gasteiger partial charge in [0.1, 0.15) is 18.2 Å². The summed E-state index contributed by atoms with van der Waals surface area (Å²) in [4.78, 5) is 26.1. The molecule has 0 atom stereocenters. The van der Waals surface area contributed by atoms with Crippen molar-refractivity contribution in [2.45, 2.75) is 13.0 Å². The molecule has 0 aromatic heterocycles. The van der Waals surface area contributed by atoms with Crippen molar-refractivity contribution >= 4 is 29.0 Å². The van der Waals surface area contributed by atoms with Gasteiger partial charge in [-0.3, -0.25) is 14.5 Å². The number of benzene rings is 2. The Balaban J connectivity index is 1.65. The number of nitrogens with zero attached hydrogens (tertiary/aromatic N) is 1. The molecule has 5 nitrogen and oxygen atoms in total. The van der Waals surface area contributed by atoms with Crippen molar-refractivity contribution in [3.05, 3.63) is 70.4 Å². The third-order valence-electron chi connectivity index (χ3n) is 4.08. The monoisotopic (exact) mass is 401 g/mol. The van der Waals surface area contributed by atoms with Crippen molar-refractivity contribution in [1.29, 1.82) is 0 Å². The zero-order valence-corrected chi connectivity index (χ0v) is 16.2. The van der Waals surface area contributed by atoms with Gasteiger partial charge in [0.25, 0.3) is 11.1 Å². The predicted molar refractivity (Wildman–Crippen MR) is 106 cm³/mol. The molecule has 2 amide bonds. The number of halogens is 1. The average molecular weight is 401 g/mol. The molecule has 1 aliphatic heterocycles. The molecule has 1 heterocycles. The third kappa shape index (κ3) is 5.21. The molecule has 2 aromatic carbocycles. The fraction of sp³-hybridized carbons (Fsp3) is 0.238. The molecular formula is C21H20FNO4S. The van der Waals surface area contributed by atoms with Crippen LogP contribution in [0.1, 0.15) is 17.5 Å². The minimum atomic E-state index is -0.290. The molecule has 3 rings (SSSR count). The Bertz CT molecular complexity index is 882. The van der Waals surface area contributed by atoms with Gasteiger partial charge in [-0.15, -0.1) is 0 Å². The Morgan fingerprint density at radius 1 is 1.14 bits per heavy atom. The first-order chi connectivity index (χ1) is 13.6. The number of ether oxygens (including phenoxy) is 2. The number of carbonyl (C=O) groups excluding carboxylic acids is 2. The van der Waals surface area contributed by atoms with Crippen LogP contribution in [0.2, 0.25) is 0 Å². The first-order valence-corrected chi connectivity index (χ1v) is 9.60. The number of hydrogen-bond donors (Lipinski definition) is 0. The highest BCUT2D eigenvalue weighted by Gasteiger charge is 2.34. The second-order valence-corrected chi connectivity index (χ2v) is 7.16. The van der Waals surface area contributed by atoms with Gasteiger partial charge in [0.15, 0.2) is 0 Å². The number of hydrogen-bond acceptors (Lipinski definition) is 5. The van der Waals surface area contributed by atoms with E-state index in [0.29, 0.717) is 36.8 Å². The van der Waals surface area contributed by atoms with Crippen LogP contribution in [0.25, 0.3) is 6.08 Å². The van der Waals surface area contributed by atoms with E-state index in [0.717, 1.165) is 22.9 Å². The van der Waals surface area contributed by atoms with Crippen LogP contribution in [0.5, 0.6) is 5.75 Å². The van der Waals surface area contributed by atoms with Crippen molar-refractivity contribution in [3.8, 4) is 5.75 Å². The van der Waals surface area contributed by atoms with Crippen molar-refractivity contribution < 1.29 is 23.5 Å². The molecule has 1 fully saturated rings. The molecule has 28 heavy (non-hydrogen) atoms. The summed E-state index contributed by atoms with van der Waals surface area (Å²) in [5.74, 6) is 0.0445. The molecule has 0 N–H and O–H groups in total. The smallest absolute Gasteiger partial charge is 0.293 e. The average Bonchev–Trinajstić information content (AvgIpc) is 2.95. The van der Waals surface area contributed by atoms with Crippen LogP contribution >= 0.6 is 11.8 Å². The Morgan fingerprint density at radius 2 is 1.93 bits per heavy atom. The number of rotatable bonds is 8. The van der Waals surface area contributed by atoms with Crippen molar-refractivity contribution in [1.82, 2.24) is 4.90 Å². The fourth-order valence-electron chi connectivity index (χ4n) is 2.65. The molecule has 0 unspecified atom stereocenters. The molecule has 0 aliphatic carbocycles. The summed E-state index contributed by atoms with van der Waals surface area (Å²) in [7, 11) is 1.58. The van der Waals surface area contributed by atoms with Gasteiger partial charge in [-0.05, 0) is 59.7 Å². The molecule has 0 radical (unpaired) electrons. The van der Waals surface area contributed by atoms with E-state index in [1.807, 2.05) is 12.1 Å². The lowest BCUT2D eigenvalue weighted by atomic mass is 10.2. The standard InChI is InChI=1S/C21H20FNO4S/c1-26-11-3-10-23-20(24)19(28-21(23)25)13-16-4-2-5-18(12-16)27-14-15-6-8-17(22)9-7-15/h2,4-9,12-13H,3,10-11,14H2,1H3/b19-13+. The van der Waals surface area contributed by atoms with Gasteiger partial charge in [-0.2, -0.15) is 0 Å². The van der Waals surface area contributed by atoms with E-state index in [1.54, 1.807) is 37.5 Å². The quantitative estimate of drug-likeness (QED) is 0.482. The third-order valence-corrected chi connectivity index (χ3v) is 4.99. The highest BCUT2D eigenvalue weighted by atomic mass is 32.2. The topological polar surface area (TPSA) is 55.8 Å². The zero-order valence-electron chi connectivity index (χ0n) is 15.4. The van der Waals surface area contributed by atoms with E-state index in [1.165, 1.54) is 17.0 Å². The number of thioether (sulfide) groups is 1. The van der Waals surface area contributed by atoms with Crippen LogP contribution in [0, 0.1) is 5.82 Å². The Kier molecular flexibility index (Phi) is 6.84. The van der Waals surface area contributed by atoms with E-state index < -0.39 is 0 Å². The molecule has 0 bridgehead atoms. The first-order valence-electron chi connectivity index (χ1n) is 8.78. The molecule has 0 saturated carbocycles. The van der Waals surface area contributed by atoms with Crippen LogP contribution in [0.4, 0.5) is 9.18 Å². The van der Waals surface area contributed by atoms with Crippen molar-refractivity contribution in [3.63, 3.8) is 0 Å². The highest BCUT2D eigenvalue weighted by Crippen LogP contribution is 2.32. The highest BCUT2D eigenvalue weighted by molar-refractivity contribution is 8.18. The van der Waals surface area contributed by atoms with Crippen LogP contribution in [-0.4, -0.2) is 36.3 Å². The van der Waals surface area contributed by atoms with E-state index in [9.17, 15) is 14.0 Å². The number of carbonyl (C=O) groups is 2. The van der Waals surface area contributed by atoms with E-state index in [-0.39, 0.29) is 17.0 Å². The maximum absolute atomic E-state index is 13.0. The Hall–Kier alpha value is -2.64. The van der Waals surface area contributed by atoms with Gasteiger partial charge in [0, 0.05) is 20.3 Å². The van der Waals surface area contributed by atoms with Crippen molar-refractivity contribution in [2.75, 3.05) is 20.3 Å². The lowest BCUT2D eigenvalue weighted by molar-refractivity contribution is -0.122. The Morgan fingerprint density at radius 3 is 2.68 bits per heavy atom. The molecule has 146 valence electrons. The number of methoxy groups -OCH3 is 1. The second kappa shape index (κ2) is 9.52. The molecule has 0 spiro atoms.